The highest BCUT2D eigenvalue weighted by Crippen LogP contribution is 2.38. The predicted octanol–water partition coefficient (Wildman–Crippen LogP) is 9.05. The van der Waals surface area contributed by atoms with E-state index in [9.17, 15) is 70.3 Å². The van der Waals surface area contributed by atoms with E-state index in [-0.39, 0.29) is 54.4 Å². The van der Waals surface area contributed by atoms with Crippen LogP contribution in [0.1, 0.15) is 48.7 Å². The lowest BCUT2D eigenvalue weighted by Gasteiger charge is -2.32. The molecule has 0 radical (unpaired) electrons. The van der Waals surface area contributed by atoms with E-state index < -0.39 is 104 Å². The number of carboxylic acid groups (broad SMARTS) is 1. The lowest BCUT2D eigenvalue weighted by atomic mass is 9.90. The minimum atomic E-state index is -4.47. The average Bonchev–Trinajstić information content (AvgIpc) is 3.93. The molecule has 4 aromatic carbocycles. The topological polar surface area (TPSA) is 207 Å². The number of alkyl halides is 8. The van der Waals surface area contributed by atoms with Crippen molar-refractivity contribution >= 4 is 44.2 Å². The number of nitrogens with zero attached hydrogens (tertiary/aromatic N) is 6. The Morgan fingerprint density at radius 3 is 1.55 bits per heavy atom. The van der Waals surface area contributed by atoms with Crippen LogP contribution in [0.4, 0.5) is 43.9 Å². The van der Waals surface area contributed by atoms with Gasteiger partial charge in [0, 0.05) is 55.7 Å². The number of hydrogen-bond acceptors (Lipinski definition) is 11. The van der Waals surface area contributed by atoms with Crippen LogP contribution in [0.15, 0.2) is 132 Å². The third-order valence-corrected chi connectivity index (χ3v) is 15.6. The molecule has 14 nitrogen and oxygen atoms in total. The average molecular weight is 1120 g/mol. The van der Waals surface area contributed by atoms with Gasteiger partial charge >= 0.3 is 18.3 Å². The number of carboxylic acids is 1. The van der Waals surface area contributed by atoms with Gasteiger partial charge in [-0.15, -0.1) is 12.4 Å². The first-order valence-corrected chi connectivity index (χ1v) is 24.8. The maximum atomic E-state index is 14.4. The summed E-state index contributed by atoms with van der Waals surface area (Å²) < 4.78 is 182. The minimum Gasteiger partial charge on any atom is -0.480 e. The van der Waals surface area contributed by atoms with Crippen molar-refractivity contribution < 1.29 is 75.4 Å². The van der Waals surface area contributed by atoms with Gasteiger partial charge in [0.2, 0.25) is 20.0 Å². The molecule has 27 heteroatoms. The highest BCUT2D eigenvalue weighted by molar-refractivity contribution is 7.89. The molecule has 2 aliphatic heterocycles. The molecule has 75 heavy (non-hydrogen) atoms. The summed E-state index contributed by atoms with van der Waals surface area (Å²) in [4.78, 5) is 39.8. The van der Waals surface area contributed by atoms with Crippen LogP contribution >= 0.6 is 12.4 Å². The zero-order chi connectivity index (χ0) is 54.4. The summed E-state index contributed by atoms with van der Waals surface area (Å²) in [6.07, 6.45) is -10.1. The van der Waals surface area contributed by atoms with E-state index >= 15 is 0 Å². The molecule has 4 atom stereocenters. The zero-order valence-corrected chi connectivity index (χ0v) is 41.3. The second kappa shape index (κ2) is 24.0. The van der Waals surface area contributed by atoms with E-state index in [2.05, 4.69) is 19.9 Å². The van der Waals surface area contributed by atoms with Crippen molar-refractivity contribution in [3.05, 3.63) is 156 Å². The van der Waals surface area contributed by atoms with E-state index in [4.69, 9.17) is 10.8 Å². The van der Waals surface area contributed by atoms with Crippen LogP contribution in [0, 0.1) is 11.6 Å². The lowest BCUT2D eigenvalue weighted by molar-refractivity contribution is -0.141. The van der Waals surface area contributed by atoms with Gasteiger partial charge in [0.1, 0.15) is 42.7 Å². The molecule has 4 heterocycles. The number of carbonyl (C=O) groups excluding carboxylic acids is 1. The summed E-state index contributed by atoms with van der Waals surface area (Å²) >= 11 is 0. The van der Waals surface area contributed by atoms with Gasteiger partial charge in [0.15, 0.2) is 5.78 Å². The largest absolute Gasteiger partial charge is 0.480 e. The molecule has 2 saturated heterocycles. The first-order valence-electron chi connectivity index (χ1n) is 21.9. The van der Waals surface area contributed by atoms with Gasteiger partial charge in [0.25, 0.3) is 0 Å². The van der Waals surface area contributed by atoms with E-state index in [0.29, 0.717) is 38.2 Å². The van der Waals surface area contributed by atoms with Gasteiger partial charge in [-0.25, -0.2) is 54.3 Å². The van der Waals surface area contributed by atoms with Crippen molar-refractivity contribution in [2.45, 2.75) is 85.2 Å². The Balaban J connectivity index is 0.000000230. The summed E-state index contributed by atoms with van der Waals surface area (Å²) in [6.45, 7) is 0.615. The molecule has 2 aromatic heterocycles. The van der Waals surface area contributed by atoms with Gasteiger partial charge in [-0.1, -0.05) is 24.3 Å². The number of ketones is 1. The zero-order valence-electron chi connectivity index (χ0n) is 38.9. The molecule has 8 rings (SSSR count). The smallest absolute Gasteiger partial charge is 0.416 e. The third kappa shape index (κ3) is 14.5. The first-order chi connectivity index (χ1) is 34.6. The Morgan fingerprint density at radius 2 is 1.11 bits per heavy atom. The van der Waals surface area contributed by atoms with E-state index in [1.807, 2.05) is 0 Å². The fourth-order valence-electron chi connectivity index (χ4n) is 7.85. The molecule has 0 spiro atoms. The van der Waals surface area contributed by atoms with Gasteiger partial charge in [0.05, 0.1) is 43.5 Å². The highest BCUT2D eigenvalue weighted by Gasteiger charge is 2.53. The SMILES string of the molecule is C[C@@]1(C(=O)CCc2cc(-c3ccc(C(F)(F)F)cc3)ncn2)C[C@@H](F)CN1S(=O)(=O)c1ccc(F)cc1.Cl.NCc1cc(-c2ccc(C(F)(F)F)cc2)ncn1.O=C(O)C1C[C@@H](F)CN1S(=O)(=O)c1ccc(F)cc1. The Kier molecular flexibility index (Phi) is 19.1. The maximum absolute atomic E-state index is 14.4. The summed E-state index contributed by atoms with van der Waals surface area (Å²) in [6, 6.07) is 19.0. The number of carbonyl (C=O) groups is 2. The number of Topliss-reactive ketones (excluding diaryl/α,β-unsaturated/α-hetero) is 1. The summed E-state index contributed by atoms with van der Waals surface area (Å²) in [5.41, 5.74) is 5.27. The standard InChI is InChI=1S/C25H22F5N3O3S.C12H10F3N3.C11H11F2NO4S.ClH/c1-24(13-19(27)14-33(24)37(35,36)21-9-6-18(26)7-10-21)23(34)11-8-20-12-22(32-15-31-20)16-2-4-17(5-3-16)25(28,29)30;13-12(14,15)9-3-1-8(2-4-9)11-5-10(6-16)17-7-18-11;12-7-1-3-9(4-2-7)19(17,18)14-6-8(13)5-10(14)11(15)16;/h2-7,9-10,12,15,19H,8,11,13-14H2,1H3;1-5,7H,6,16H2;1-4,8,10H,5-6H2,(H,15,16);1H/t19-,24+;;8-,10?;/m1.1./s1. The number of sulfonamides is 2. The molecule has 0 amide bonds. The molecule has 0 saturated carbocycles. The van der Waals surface area contributed by atoms with Gasteiger partial charge in [-0.3, -0.25) is 9.59 Å². The van der Waals surface area contributed by atoms with Crippen molar-refractivity contribution in [2.24, 2.45) is 5.73 Å². The monoisotopic (exact) mass is 1120 g/mol. The fraction of sp³-hybridized carbons (Fsp3) is 0.292. The first kappa shape index (κ1) is 59.4. The summed E-state index contributed by atoms with van der Waals surface area (Å²) in [5, 5.41) is 8.92. The highest BCUT2D eigenvalue weighted by atomic mass is 35.5. The van der Waals surface area contributed by atoms with Crippen LogP contribution in [-0.2, 0) is 55.0 Å². The van der Waals surface area contributed by atoms with Crippen molar-refractivity contribution in [2.75, 3.05) is 13.1 Å². The number of hydrogen-bond donors (Lipinski definition) is 2. The normalized spacial score (nSPS) is 19.2. The molecule has 2 fully saturated rings. The van der Waals surface area contributed by atoms with Crippen LogP contribution < -0.4 is 5.73 Å². The van der Waals surface area contributed by atoms with Crippen molar-refractivity contribution in [3.8, 4) is 22.5 Å². The quantitative estimate of drug-likeness (QED) is 0.110. The van der Waals surface area contributed by atoms with Crippen LogP contribution in [-0.4, -0.2) is 99.3 Å². The predicted molar refractivity (Wildman–Crippen MR) is 253 cm³/mol. The van der Waals surface area contributed by atoms with Crippen LogP contribution in [0.2, 0.25) is 0 Å². The number of aliphatic carboxylic acids is 1. The molecule has 2 aliphatic rings. The molecule has 0 aliphatic carbocycles. The molecule has 402 valence electrons. The fourth-order valence-corrected chi connectivity index (χ4v) is 11.3. The Bertz CT molecular complexity index is 3170. The lowest BCUT2D eigenvalue weighted by Crippen LogP contribution is -2.50. The molecule has 6 aromatic rings. The van der Waals surface area contributed by atoms with Gasteiger partial charge < -0.3 is 10.8 Å². The number of benzene rings is 4. The summed E-state index contributed by atoms with van der Waals surface area (Å²) in [7, 11) is -8.42. The number of aryl methyl sites for hydroxylation is 1. The molecule has 1 unspecified atom stereocenters. The van der Waals surface area contributed by atoms with E-state index in [1.54, 1.807) is 6.07 Å². The van der Waals surface area contributed by atoms with Crippen molar-refractivity contribution in [1.29, 1.82) is 0 Å². The Morgan fingerprint density at radius 1 is 0.667 bits per heavy atom. The van der Waals surface area contributed by atoms with Crippen LogP contribution in [0.5, 0.6) is 0 Å². The van der Waals surface area contributed by atoms with Gasteiger partial charge in [-0.05, 0) is 98.3 Å². The van der Waals surface area contributed by atoms with Crippen molar-refractivity contribution in [3.63, 3.8) is 0 Å². The number of nitrogens with two attached hydrogens (primary N) is 1. The van der Waals surface area contributed by atoms with Crippen LogP contribution in [0.3, 0.4) is 0 Å². The van der Waals surface area contributed by atoms with E-state index in [0.717, 1.165) is 77.1 Å². The summed E-state index contributed by atoms with van der Waals surface area (Å²) in [5.74, 6) is -3.17. The van der Waals surface area contributed by atoms with E-state index in [1.165, 1.54) is 49.9 Å². The molecule has 3 N–H and O–H groups in total. The van der Waals surface area contributed by atoms with Crippen molar-refractivity contribution in [1.82, 2.24) is 28.5 Å². The maximum Gasteiger partial charge on any atom is 0.416 e. The molecule has 0 bridgehead atoms. The third-order valence-electron chi connectivity index (χ3n) is 11.7. The second-order valence-corrected chi connectivity index (χ2v) is 20.6. The second-order valence-electron chi connectivity index (χ2n) is 16.8. The number of aromatic nitrogens is 4. The molecular weight excluding hydrogens is 1080 g/mol. The Hall–Kier alpha value is -6.45. The number of halogens is 11. The minimum absolute atomic E-state index is 0. The molecular formula is C48H44ClF10N7O7S2. The van der Waals surface area contributed by atoms with Gasteiger partial charge in [-0.2, -0.15) is 35.0 Å². The number of rotatable bonds is 12. The van der Waals surface area contributed by atoms with Crippen LogP contribution in [0.25, 0.3) is 22.5 Å². The Labute approximate surface area is 429 Å².